The van der Waals surface area contributed by atoms with Crippen LogP contribution < -0.4 is 16.0 Å². The molecule has 0 saturated carbocycles. The number of aryl methyl sites for hydroxylation is 2. The topological polar surface area (TPSA) is 93.2 Å². The Hall–Kier alpha value is -2.83. The number of hydrogen-bond acceptors (Lipinski definition) is 4. The van der Waals surface area contributed by atoms with E-state index in [9.17, 15) is 9.59 Å². The van der Waals surface area contributed by atoms with Crippen LogP contribution in [0.25, 0.3) is 0 Å². The molecule has 23 heavy (non-hydrogen) atoms. The molecule has 1 aromatic carbocycles. The van der Waals surface area contributed by atoms with E-state index in [4.69, 9.17) is 5.73 Å². The lowest BCUT2D eigenvalue weighted by Crippen LogP contribution is -2.33. The molecule has 2 aromatic rings. The average Bonchev–Trinajstić information content (AvgIpc) is 2.85. The molecule has 1 aromatic heterocycles. The summed E-state index contributed by atoms with van der Waals surface area (Å²) in [4.78, 5) is 25.8. The number of carbonyl (C=O) groups is 2. The largest absolute Gasteiger partial charge is 0.382 e. The van der Waals surface area contributed by atoms with Crippen molar-refractivity contribution in [3.63, 3.8) is 0 Å². The van der Waals surface area contributed by atoms with Crippen molar-refractivity contribution in [2.24, 2.45) is 7.05 Å². The molecular formula is C16H19N5O2. The van der Waals surface area contributed by atoms with Gasteiger partial charge in [0.1, 0.15) is 5.56 Å². The molecular weight excluding hydrogens is 294 g/mol. The van der Waals surface area contributed by atoms with E-state index in [2.05, 4.69) is 10.4 Å². The number of nitrogens with two attached hydrogens (primary N) is 1. The maximum atomic E-state index is 12.3. The van der Waals surface area contributed by atoms with Crippen LogP contribution in [0.15, 0.2) is 24.4 Å². The van der Waals surface area contributed by atoms with Crippen LogP contribution in [-0.2, 0) is 18.3 Å². The molecule has 0 radical (unpaired) electrons. The lowest BCUT2D eigenvalue weighted by molar-refractivity contribution is -0.116. The fourth-order valence-corrected chi connectivity index (χ4v) is 2.86. The number of fused-ring (bicyclic) bond motifs is 1. The highest BCUT2D eigenvalue weighted by molar-refractivity contribution is 6.07. The maximum Gasteiger partial charge on any atom is 0.261 e. The number of nitrogen functional groups attached to an aromatic ring is 1. The van der Waals surface area contributed by atoms with Gasteiger partial charge in [-0.25, -0.2) is 0 Å². The van der Waals surface area contributed by atoms with E-state index in [-0.39, 0.29) is 17.6 Å². The van der Waals surface area contributed by atoms with Gasteiger partial charge in [0.25, 0.3) is 5.91 Å². The molecule has 7 heteroatoms. The number of nitrogens with one attached hydrogen (secondary N) is 1. The van der Waals surface area contributed by atoms with Crippen molar-refractivity contribution < 1.29 is 9.59 Å². The Morgan fingerprint density at radius 2 is 2.13 bits per heavy atom. The minimum Gasteiger partial charge on any atom is -0.382 e. The second-order valence-corrected chi connectivity index (χ2v) is 5.67. The highest BCUT2D eigenvalue weighted by atomic mass is 16.2. The summed E-state index contributed by atoms with van der Waals surface area (Å²) >= 11 is 0. The first-order chi connectivity index (χ1) is 11.0. The van der Waals surface area contributed by atoms with E-state index in [1.807, 2.05) is 18.2 Å². The molecule has 0 fully saturated rings. The van der Waals surface area contributed by atoms with E-state index in [0.29, 0.717) is 17.8 Å². The number of carbonyl (C=O) groups excluding carboxylic acids is 2. The number of aromatic nitrogens is 2. The third kappa shape index (κ3) is 2.90. The predicted octanol–water partition coefficient (Wildman–Crippen LogP) is 1.55. The van der Waals surface area contributed by atoms with Gasteiger partial charge in [-0.3, -0.25) is 14.3 Å². The molecule has 0 saturated heterocycles. The average molecular weight is 313 g/mol. The van der Waals surface area contributed by atoms with Crippen molar-refractivity contribution in [1.82, 2.24) is 9.78 Å². The van der Waals surface area contributed by atoms with Crippen molar-refractivity contribution in [3.8, 4) is 0 Å². The van der Waals surface area contributed by atoms with Crippen LogP contribution in [0.2, 0.25) is 0 Å². The molecule has 2 heterocycles. The Balaban J connectivity index is 1.87. The Morgan fingerprint density at radius 3 is 2.78 bits per heavy atom. The highest BCUT2D eigenvalue weighted by Gasteiger charge is 2.21. The molecule has 0 atom stereocenters. The summed E-state index contributed by atoms with van der Waals surface area (Å²) in [6.45, 7) is 2.26. The van der Waals surface area contributed by atoms with Crippen molar-refractivity contribution in [3.05, 3.63) is 35.5 Å². The monoisotopic (exact) mass is 313 g/mol. The molecule has 0 bridgehead atoms. The van der Waals surface area contributed by atoms with Gasteiger partial charge in [-0.1, -0.05) is 6.07 Å². The first-order valence-electron chi connectivity index (χ1n) is 7.47. The van der Waals surface area contributed by atoms with E-state index in [0.717, 1.165) is 24.1 Å². The summed E-state index contributed by atoms with van der Waals surface area (Å²) in [5.41, 5.74) is 8.66. The number of rotatable bonds is 2. The fourth-order valence-electron chi connectivity index (χ4n) is 2.86. The molecule has 7 nitrogen and oxygen atoms in total. The summed E-state index contributed by atoms with van der Waals surface area (Å²) in [6.07, 6.45) is 3.46. The van der Waals surface area contributed by atoms with Crippen LogP contribution in [0, 0.1) is 0 Å². The lowest BCUT2D eigenvalue weighted by atomic mass is 10.0. The third-order valence-corrected chi connectivity index (χ3v) is 3.94. The highest BCUT2D eigenvalue weighted by Crippen LogP contribution is 2.30. The normalized spacial score (nSPS) is 13.6. The van der Waals surface area contributed by atoms with Gasteiger partial charge >= 0.3 is 0 Å². The summed E-state index contributed by atoms with van der Waals surface area (Å²) in [5.74, 6) is -0.125. The molecule has 1 aliphatic rings. The summed E-state index contributed by atoms with van der Waals surface area (Å²) < 4.78 is 1.49. The molecule has 3 rings (SSSR count). The molecule has 0 aliphatic carbocycles. The molecule has 3 N–H and O–H groups in total. The number of hydrogen-bond donors (Lipinski definition) is 2. The number of benzene rings is 1. The zero-order valence-electron chi connectivity index (χ0n) is 13.2. The first-order valence-corrected chi connectivity index (χ1v) is 7.47. The minimum atomic E-state index is -0.319. The van der Waals surface area contributed by atoms with Crippen molar-refractivity contribution >= 4 is 29.0 Å². The number of nitrogens with zero attached hydrogens (tertiary/aromatic N) is 3. The van der Waals surface area contributed by atoms with Gasteiger partial charge in [-0.05, 0) is 30.5 Å². The number of anilines is 3. The van der Waals surface area contributed by atoms with Crippen LogP contribution in [0.5, 0.6) is 0 Å². The Bertz CT molecular complexity index is 781. The van der Waals surface area contributed by atoms with Gasteiger partial charge in [0, 0.05) is 38.1 Å². The molecule has 0 spiro atoms. The second-order valence-electron chi connectivity index (χ2n) is 5.67. The summed E-state index contributed by atoms with van der Waals surface area (Å²) in [7, 11) is 1.71. The Labute approximate surface area is 134 Å². The lowest BCUT2D eigenvalue weighted by Gasteiger charge is -2.29. The van der Waals surface area contributed by atoms with Crippen molar-refractivity contribution in [2.45, 2.75) is 19.8 Å². The standard InChI is InChI=1S/C16H19N5O2/c1-10(22)21-7-3-4-11-5-6-12(8-14(11)21)18-16(23)13-9-20(2)19-15(13)17/h5-6,8-9H,3-4,7H2,1-2H3,(H2,17,19)(H,18,23). The zero-order valence-corrected chi connectivity index (χ0v) is 13.2. The number of amides is 2. The van der Waals surface area contributed by atoms with Crippen LogP contribution in [0.4, 0.5) is 17.2 Å². The van der Waals surface area contributed by atoms with Crippen LogP contribution in [0.1, 0.15) is 29.3 Å². The Kier molecular flexibility index (Phi) is 3.77. The molecule has 2 amide bonds. The van der Waals surface area contributed by atoms with E-state index >= 15 is 0 Å². The van der Waals surface area contributed by atoms with Crippen molar-refractivity contribution in [1.29, 1.82) is 0 Å². The van der Waals surface area contributed by atoms with Gasteiger partial charge in [0.2, 0.25) is 5.91 Å². The van der Waals surface area contributed by atoms with Gasteiger partial charge in [0.05, 0.1) is 0 Å². The van der Waals surface area contributed by atoms with Crippen LogP contribution in [0.3, 0.4) is 0 Å². The minimum absolute atomic E-state index is 0.00549. The molecule has 1 aliphatic heterocycles. The van der Waals surface area contributed by atoms with E-state index in [1.54, 1.807) is 25.1 Å². The third-order valence-electron chi connectivity index (χ3n) is 3.94. The quantitative estimate of drug-likeness (QED) is 0.879. The predicted molar refractivity (Wildman–Crippen MR) is 88.4 cm³/mol. The van der Waals surface area contributed by atoms with E-state index in [1.165, 1.54) is 4.68 Å². The zero-order chi connectivity index (χ0) is 16.6. The summed E-state index contributed by atoms with van der Waals surface area (Å²) in [5, 5.41) is 6.77. The maximum absolute atomic E-state index is 12.3. The van der Waals surface area contributed by atoms with Gasteiger partial charge in [-0.2, -0.15) is 5.10 Å². The Morgan fingerprint density at radius 1 is 1.35 bits per heavy atom. The second kappa shape index (κ2) is 5.75. The first kappa shape index (κ1) is 15.1. The molecule has 0 unspecified atom stereocenters. The van der Waals surface area contributed by atoms with Gasteiger partial charge < -0.3 is 16.0 Å². The summed E-state index contributed by atoms with van der Waals surface area (Å²) in [6, 6.07) is 5.62. The van der Waals surface area contributed by atoms with Crippen LogP contribution >= 0.6 is 0 Å². The van der Waals surface area contributed by atoms with Gasteiger partial charge in [0.15, 0.2) is 5.82 Å². The van der Waals surface area contributed by atoms with Gasteiger partial charge in [-0.15, -0.1) is 0 Å². The van der Waals surface area contributed by atoms with E-state index < -0.39 is 0 Å². The van der Waals surface area contributed by atoms with Crippen LogP contribution in [-0.4, -0.2) is 28.1 Å². The SMILES string of the molecule is CC(=O)N1CCCc2ccc(NC(=O)c3cn(C)nc3N)cc21. The van der Waals surface area contributed by atoms with Crippen molar-refractivity contribution in [2.75, 3.05) is 22.5 Å². The molecule has 120 valence electrons. The fraction of sp³-hybridized carbons (Fsp3) is 0.312. The smallest absolute Gasteiger partial charge is 0.261 e.